The first kappa shape index (κ1) is 26.5. The standard InChI is InChI=1S/C34H33BN2O2/c1-33(2,38)34(3,4)39-35-28-22-20-27(21-23-28)32-36-30(25-16-10-6-11-17-25)29(24-14-8-5-9-15-24)31(37-32)26-18-12-7-13-19-26/h5-23,35,38H,1-4H3. The monoisotopic (exact) mass is 512 g/mol. The summed E-state index contributed by atoms with van der Waals surface area (Å²) < 4.78 is 6.06. The van der Waals surface area contributed by atoms with E-state index in [1.165, 1.54) is 0 Å². The lowest BCUT2D eigenvalue weighted by Crippen LogP contribution is -2.49. The Labute approximate surface area is 231 Å². The maximum Gasteiger partial charge on any atom is 0.309 e. The highest BCUT2D eigenvalue weighted by Crippen LogP contribution is 2.39. The van der Waals surface area contributed by atoms with Crippen LogP contribution in [0.4, 0.5) is 0 Å². The van der Waals surface area contributed by atoms with Gasteiger partial charge in [0.2, 0.25) is 0 Å². The second kappa shape index (κ2) is 11.0. The molecule has 0 aliphatic carbocycles. The molecule has 0 aliphatic rings. The fourth-order valence-corrected chi connectivity index (χ4v) is 4.27. The maximum atomic E-state index is 10.4. The molecule has 0 bridgehead atoms. The van der Waals surface area contributed by atoms with Crippen molar-refractivity contribution in [3.63, 3.8) is 0 Å². The van der Waals surface area contributed by atoms with Crippen molar-refractivity contribution in [2.75, 3.05) is 0 Å². The molecule has 4 aromatic carbocycles. The van der Waals surface area contributed by atoms with Crippen molar-refractivity contribution in [2.45, 2.75) is 38.9 Å². The van der Waals surface area contributed by atoms with Crippen LogP contribution in [0.3, 0.4) is 0 Å². The van der Waals surface area contributed by atoms with Gasteiger partial charge in [-0.05, 0) is 33.3 Å². The fourth-order valence-electron chi connectivity index (χ4n) is 4.27. The highest BCUT2D eigenvalue weighted by atomic mass is 16.5. The summed E-state index contributed by atoms with van der Waals surface area (Å²) in [5.74, 6) is 0.664. The molecule has 0 atom stereocenters. The normalized spacial score (nSPS) is 11.8. The van der Waals surface area contributed by atoms with E-state index in [-0.39, 0.29) is 0 Å². The Morgan fingerprint density at radius 3 is 1.44 bits per heavy atom. The van der Waals surface area contributed by atoms with E-state index in [9.17, 15) is 5.11 Å². The molecule has 0 spiro atoms. The quantitative estimate of drug-likeness (QED) is 0.236. The number of hydrogen-bond donors (Lipinski definition) is 1. The first-order valence-corrected chi connectivity index (χ1v) is 13.3. The van der Waals surface area contributed by atoms with Crippen molar-refractivity contribution in [3.05, 3.63) is 115 Å². The van der Waals surface area contributed by atoms with E-state index in [1.54, 1.807) is 13.8 Å². The number of nitrogens with zero attached hydrogens (tertiary/aromatic N) is 2. The van der Waals surface area contributed by atoms with Crippen LogP contribution in [-0.4, -0.2) is 33.8 Å². The third-order valence-electron chi connectivity index (χ3n) is 7.35. The molecule has 0 fully saturated rings. The molecule has 1 aromatic heterocycles. The summed E-state index contributed by atoms with van der Waals surface area (Å²) in [7, 11) is 0.398. The molecule has 0 unspecified atom stereocenters. The highest BCUT2D eigenvalue weighted by Gasteiger charge is 2.35. The molecular formula is C34H33BN2O2. The minimum atomic E-state index is -0.955. The summed E-state index contributed by atoms with van der Waals surface area (Å²) in [6, 6.07) is 39.1. The summed E-state index contributed by atoms with van der Waals surface area (Å²) in [5.41, 5.74) is 6.25. The second-order valence-corrected chi connectivity index (χ2v) is 10.8. The zero-order chi connectivity index (χ0) is 27.5. The number of hydrogen-bond acceptors (Lipinski definition) is 4. The summed E-state index contributed by atoms with van der Waals surface area (Å²) in [6.07, 6.45) is 0. The van der Waals surface area contributed by atoms with Gasteiger partial charge in [-0.25, -0.2) is 9.97 Å². The van der Waals surface area contributed by atoms with Crippen LogP contribution in [0.25, 0.3) is 45.0 Å². The van der Waals surface area contributed by atoms with Crippen LogP contribution in [0.1, 0.15) is 27.7 Å². The highest BCUT2D eigenvalue weighted by molar-refractivity contribution is 6.47. The summed E-state index contributed by atoms with van der Waals surface area (Å²) in [6.45, 7) is 7.34. The van der Waals surface area contributed by atoms with E-state index >= 15 is 0 Å². The summed E-state index contributed by atoms with van der Waals surface area (Å²) in [5, 5.41) is 10.4. The number of benzene rings is 4. The molecule has 0 aliphatic heterocycles. The predicted octanol–water partition coefficient (Wildman–Crippen LogP) is 6.69. The average Bonchev–Trinajstić information content (AvgIpc) is 2.96. The Balaban J connectivity index is 1.61. The van der Waals surface area contributed by atoms with Crippen LogP contribution in [-0.2, 0) is 4.65 Å². The second-order valence-electron chi connectivity index (χ2n) is 10.8. The van der Waals surface area contributed by atoms with E-state index in [1.807, 2.05) is 92.7 Å². The lowest BCUT2D eigenvalue weighted by atomic mass is 9.82. The maximum absolute atomic E-state index is 10.4. The van der Waals surface area contributed by atoms with Crippen molar-refractivity contribution in [3.8, 4) is 45.0 Å². The van der Waals surface area contributed by atoms with Crippen LogP contribution in [0, 0.1) is 0 Å². The first-order chi connectivity index (χ1) is 18.7. The van der Waals surface area contributed by atoms with Gasteiger partial charge in [0.05, 0.1) is 22.6 Å². The lowest BCUT2D eigenvalue weighted by Gasteiger charge is -2.37. The van der Waals surface area contributed by atoms with Crippen molar-refractivity contribution >= 4 is 12.9 Å². The molecule has 39 heavy (non-hydrogen) atoms. The van der Waals surface area contributed by atoms with Crippen molar-refractivity contribution in [1.82, 2.24) is 9.97 Å². The van der Waals surface area contributed by atoms with Gasteiger partial charge in [-0.3, -0.25) is 0 Å². The molecule has 5 rings (SSSR count). The van der Waals surface area contributed by atoms with E-state index in [0.717, 1.165) is 44.7 Å². The summed E-state index contributed by atoms with van der Waals surface area (Å²) in [4.78, 5) is 10.3. The smallest absolute Gasteiger partial charge is 0.309 e. The Hall–Kier alpha value is -4.06. The van der Waals surface area contributed by atoms with Crippen LogP contribution >= 0.6 is 0 Å². The Morgan fingerprint density at radius 2 is 1.00 bits per heavy atom. The van der Waals surface area contributed by atoms with Gasteiger partial charge in [0.15, 0.2) is 5.82 Å². The van der Waals surface area contributed by atoms with Gasteiger partial charge < -0.3 is 9.76 Å². The predicted molar refractivity (Wildman–Crippen MR) is 162 cm³/mol. The van der Waals surface area contributed by atoms with Gasteiger partial charge in [-0.1, -0.05) is 121 Å². The van der Waals surface area contributed by atoms with E-state index < -0.39 is 11.2 Å². The van der Waals surface area contributed by atoms with Gasteiger partial charge in [-0.2, -0.15) is 0 Å². The van der Waals surface area contributed by atoms with E-state index in [0.29, 0.717) is 13.3 Å². The van der Waals surface area contributed by atoms with Gasteiger partial charge in [0.1, 0.15) is 0 Å². The largest absolute Gasteiger partial charge is 0.427 e. The van der Waals surface area contributed by atoms with Crippen molar-refractivity contribution in [1.29, 1.82) is 0 Å². The SMILES string of the molecule is CC(C)(O)C(C)(C)OBc1ccc(-c2nc(-c3ccccc3)c(-c3ccccc3)c(-c3ccccc3)n2)cc1. The third-order valence-corrected chi connectivity index (χ3v) is 7.35. The van der Waals surface area contributed by atoms with Crippen LogP contribution in [0.5, 0.6) is 0 Å². The number of rotatable bonds is 8. The van der Waals surface area contributed by atoms with E-state index in [4.69, 9.17) is 14.6 Å². The van der Waals surface area contributed by atoms with Gasteiger partial charge in [0.25, 0.3) is 0 Å². The zero-order valence-corrected chi connectivity index (χ0v) is 22.9. The van der Waals surface area contributed by atoms with Crippen LogP contribution in [0.15, 0.2) is 115 Å². The zero-order valence-electron chi connectivity index (χ0n) is 22.9. The minimum Gasteiger partial charge on any atom is -0.427 e. The summed E-state index contributed by atoms with van der Waals surface area (Å²) >= 11 is 0. The topological polar surface area (TPSA) is 55.2 Å². The van der Waals surface area contributed by atoms with Crippen LogP contribution in [0.2, 0.25) is 0 Å². The minimum absolute atomic E-state index is 0.398. The van der Waals surface area contributed by atoms with E-state index in [2.05, 4.69) is 36.4 Å². The average molecular weight is 512 g/mol. The third kappa shape index (κ3) is 5.85. The fraction of sp³-hybridized carbons (Fsp3) is 0.176. The van der Waals surface area contributed by atoms with Crippen molar-refractivity contribution < 1.29 is 9.76 Å². The molecule has 5 aromatic rings. The number of aromatic nitrogens is 2. The van der Waals surface area contributed by atoms with Gasteiger partial charge in [-0.15, -0.1) is 0 Å². The lowest BCUT2D eigenvalue weighted by molar-refractivity contribution is -0.0893. The molecule has 4 nitrogen and oxygen atoms in total. The molecule has 0 saturated carbocycles. The molecular weight excluding hydrogens is 479 g/mol. The Bertz CT molecular complexity index is 1470. The van der Waals surface area contributed by atoms with Crippen LogP contribution < -0.4 is 5.46 Å². The first-order valence-electron chi connectivity index (χ1n) is 13.3. The van der Waals surface area contributed by atoms with Crippen molar-refractivity contribution in [2.24, 2.45) is 0 Å². The molecule has 1 heterocycles. The molecule has 1 N–H and O–H groups in total. The molecule has 5 heteroatoms. The van der Waals surface area contributed by atoms with Gasteiger partial charge >= 0.3 is 7.48 Å². The number of aliphatic hydroxyl groups is 1. The molecule has 0 saturated heterocycles. The molecule has 194 valence electrons. The van der Waals surface area contributed by atoms with Gasteiger partial charge in [0, 0.05) is 22.3 Å². The molecule has 0 radical (unpaired) electrons. The molecule has 0 amide bonds. The Morgan fingerprint density at radius 1 is 0.564 bits per heavy atom. The Kier molecular flexibility index (Phi) is 7.47.